The molecule has 84 valence electrons. The summed E-state index contributed by atoms with van der Waals surface area (Å²) >= 11 is 0. The summed E-state index contributed by atoms with van der Waals surface area (Å²) in [6.45, 7) is 4.78. The van der Waals surface area contributed by atoms with E-state index in [1.54, 1.807) is 0 Å². The van der Waals surface area contributed by atoms with Gasteiger partial charge in [0.2, 0.25) is 0 Å². The lowest BCUT2D eigenvalue weighted by Gasteiger charge is -2.27. The number of nitrogens with zero attached hydrogens (tertiary/aromatic N) is 1. The van der Waals surface area contributed by atoms with Crippen LogP contribution in [0.3, 0.4) is 0 Å². The van der Waals surface area contributed by atoms with Gasteiger partial charge < -0.3 is 10.1 Å². The molecule has 0 bridgehead atoms. The molecule has 2 heterocycles. The second kappa shape index (κ2) is 3.91. The number of amidine groups is 1. The van der Waals surface area contributed by atoms with Crippen molar-refractivity contribution in [2.45, 2.75) is 19.4 Å². The highest BCUT2D eigenvalue weighted by Gasteiger charge is 2.27. The highest BCUT2D eigenvalue weighted by atomic mass is 16.5. The standard InChI is InChI=1S/C13H16N2O/c1-9-3-2-4-11-10(9)5-8-16-12(11)13-14-6-7-15-13/h2-4,12H,5-8H2,1H3,(H,14,15). The third-order valence-electron chi connectivity index (χ3n) is 3.31. The first-order valence-corrected chi connectivity index (χ1v) is 5.84. The summed E-state index contributed by atoms with van der Waals surface area (Å²) in [5, 5.41) is 3.31. The highest BCUT2D eigenvalue weighted by Crippen LogP contribution is 2.30. The van der Waals surface area contributed by atoms with Crippen LogP contribution in [-0.4, -0.2) is 25.5 Å². The maximum atomic E-state index is 5.85. The van der Waals surface area contributed by atoms with Gasteiger partial charge in [0.15, 0.2) is 0 Å². The van der Waals surface area contributed by atoms with Gasteiger partial charge in [0, 0.05) is 6.54 Å². The number of hydrogen-bond acceptors (Lipinski definition) is 3. The summed E-state index contributed by atoms with van der Waals surface area (Å²) in [6, 6.07) is 6.44. The fourth-order valence-electron chi connectivity index (χ4n) is 2.50. The molecule has 1 N–H and O–H groups in total. The van der Waals surface area contributed by atoms with E-state index in [0.29, 0.717) is 0 Å². The highest BCUT2D eigenvalue weighted by molar-refractivity contribution is 5.89. The summed E-state index contributed by atoms with van der Waals surface area (Å²) in [4.78, 5) is 4.47. The molecule has 2 aliphatic rings. The van der Waals surface area contributed by atoms with Gasteiger partial charge in [-0.3, -0.25) is 4.99 Å². The fraction of sp³-hybridized carbons (Fsp3) is 0.462. The Morgan fingerprint density at radius 2 is 2.38 bits per heavy atom. The first-order valence-electron chi connectivity index (χ1n) is 5.84. The first kappa shape index (κ1) is 9.85. The van der Waals surface area contributed by atoms with Crippen LogP contribution in [0.4, 0.5) is 0 Å². The molecule has 0 saturated heterocycles. The number of rotatable bonds is 1. The number of benzene rings is 1. The average molecular weight is 216 g/mol. The van der Waals surface area contributed by atoms with Crippen molar-refractivity contribution >= 4 is 5.84 Å². The van der Waals surface area contributed by atoms with Crippen LogP contribution in [0.1, 0.15) is 22.8 Å². The lowest BCUT2D eigenvalue weighted by Crippen LogP contribution is -2.31. The molecular weight excluding hydrogens is 200 g/mol. The molecule has 1 unspecified atom stereocenters. The van der Waals surface area contributed by atoms with Gasteiger partial charge in [0.25, 0.3) is 0 Å². The van der Waals surface area contributed by atoms with Gasteiger partial charge in [-0.15, -0.1) is 0 Å². The minimum atomic E-state index is 0.0335. The van der Waals surface area contributed by atoms with E-state index in [0.717, 1.165) is 32.0 Å². The van der Waals surface area contributed by atoms with E-state index in [4.69, 9.17) is 4.74 Å². The van der Waals surface area contributed by atoms with Crippen LogP contribution in [0.15, 0.2) is 23.2 Å². The molecule has 16 heavy (non-hydrogen) atoms. The molecule has 0 amide bonds. The van der Waals surface area contributed by atoms with E-state index in [2.05, 4.69) is 35.4 Å². The van der Waals surface area contributed by atoms with Crippen molar-refractivity contribution in [1.82, 2.24) is 5.32 Å². The average Bonchev–Trinajstić information content (AvgIpc) is 2.82. The summed E-state index contributed by atoms with van der Waals surface area (Å²) in [6.07, 6.45) is 1.05. The molecule has 0 spiro atoms. The number of nitrogens with one attached hydrogen (secondary N) is 1. The molecule has 1 atom stereocenters. The van der Waals surface area contributed by atoms with Gasteiger partial charge in [0.05, 0.1) is 13.2 Å². The zero-order chi connectivity index (χ0) is 11.0. The van der Waals surface area contributed by atoms with Crippen LogP contribution in [-0.2, 0) is 11.2 Å². The largest absolute Gasteiger partial charge is 0.369 e. The lowest BCUT2D eigenvalue weighted by atomic mass is 9.93. The molecule has 3 nitrogen and oxygen atoms in total. The Kier molecular flexibility index (Phi) is 2.40. The number of fused-ring (bicyclic) bond motifs is 1. The molecule has 0 fully saturated rings. The Balaban J connectivity index is 2.02. The summed E-state index contributed by atoms with van der Waals surface area (Å²) in [7, 11) is 0. The predicted molar refractivity (Wildman–Crippen MR) is 63.9 cm³/mol. The molecule has 2 aliphatic heterocycles. The molecule has 0 radical (unpaired) electrons. The molecule has 3 heteroatoms. The van der Waals surface area contributed by atoms with Crippen molar-refractivity contribution in [2.75, 3.05) is 19.7 Å². The zero-order valence-corrected chi connectivity index (χ0v) is 9.49. The van der Waals surface area contributed by atoms with E-state index in [9.17, 15) is 0 Å². The molecular formula is C13H16N2O. The minimum Gasteiger partial charge on any atom is -0.369 e. The molecule has 0 aliphatic carbocycles. The molecule has 0 saturated carbocycles. The normalized spacial score (nSPS) is 23.6. The number of ether oxygens (including phenoxy) is 1. The summed E-state index contributed by atoms with van der Waals surface area (Å²) in [5.74, 6) is 1.01. The van der Waals surface area contributed by atoms with Crippen molar-refractivity contribution in [3.8, 4) is 0 Å². The van der Waals surface area contributed by atoms with Crippen LogP contribution in [0.25, 0.3) is 0 Å². The Labute approximate surface area is 95.5 Å². The van der Waals surface area contributed by atoms with Crippen molar-refractivity contribution in [3.63, 3.8) is 0 Å². The van der Waals surface area contributed by atoms with Crippen LogP contribution < -0.4 is 5.32 Å². The van der Waals surface area contributed by atoms with Crippen LogP contribution in [0.2, 0.25) is 0 Å². The molecule has 0 aromatic heterocycles. The second-order valence-electron chi connectivity index (χ2n) is 4.34. The van der Waals surface area contributed by atoms with Gasteiger partial charge in [-0.1, -0.05) is 18.2 Å². The van der Waals surface area contributed by atoms with Crippen molar-refractivity contribution in [3.05, 3.63) is 34.9 Å². The Morgan fingerprint density at radius 1 is 1.44 bits per heavy atom. The lowest BCUT2D eigenvalue weighted by molar-refractivity contribution is 0.0858. The monoisotopic (exact) mass is 216 g/mol. The van der Waals surface area contributed by atoms with Crippen LogP contribution >= 0.6 is 0 Å². The SMILES string of the molecule is Cc1cccc2c1CCOC2C1=NCCN1. The van der Waals surface area contributed by atoms with Gasteiger partial charge in [-0.05, 0) is 30.0 Å². The van der Waals surface area contributed by atoms with E-state index in [-0.39, 0.29) is 6.10 Å². The van der Waals surface area contributed by atoms with Gasteiger partial charge >= 0.3 is 0 Å². The van der Waals surface area contributed by atoms with Gasteiger partial charge in [0.1, 0.15) is 11.9 Å². The minimum absolute atomic E-state index is 0.0335. The van der Waals surface area contributed by atoms with Crippen molar-refractivity contribution < 1.29 is 4.74 Å². The number of aryl methyl sites for hydroxylation is 1. The number of hydrogen-bond donors (Lipinski definition) is 1. The zero-order valence-electron chi connectivity index (χ0n) is 9.49. The fourth-order valence-corrected chi connectivity index (χ4v) is 2.50. The van der Waals surface area contributed by atoms with Crippen LogP contribution in [0.5, 0.6) is 0 Å². The second-order valence-corrected chi connectivity index (χ2v) is 4.34. The Morgan fingerprint density at radius 3 is 3.19 bits per heavy atom. The van der Waals surface area contributed by atoms with E-state index >= 15 is 0 Å². The maximum absolute atomic E-state index is 5.85. The summed E-state index contributed by atoms with van der Waals surface area (Å²) in [5.41, 5.74) is 4.10. The van der Waals surface area contributed by atoms with Gasteiger partial charge in [-0.2, -0.15) is 0 Å². The third kappa shape index (κ3) is 1.52. The van der Waals surface area contributed by atoms with E-state index in [1.807, 2.05) is 0 Å². The Bertz CT molecular complexity index is 440. The molecule has 1 aromatic rings. The van der Waals surface area contributed by atoms with Crippen molar-refractivity contribution in [1.29, 1.82) is 0 Å². The molecule has 1 aromatic carbocycles. The van der Waals surface area contributed by atoms with E-state index in [1.165, 1.54) is 16.7 Å². The Hall–Kier alpha value is -1.35. The van der Waals surface area contributed by atoms with Gasteiger partial charge in [-0.25, -0.2) is 0 Å². The van der Waals surface area contributed by atoms with Crippen LogP contribution in [0, 0.1) is 6.92 Å². The predicted octanol–water partition coefficient (Wildman–Crippen LogP) is 1.61. The van der Waals surface area contributed by atoms with Crippen molar-refractivity contribution in [2.24, 2.45) is 4.99 Å². The molecule has 3 rings (SSSR count). The topological polar surface area (TPSA) is 33.6 Å². The quantitative estimate of drug-likeness (QED) is 0.773. The smallest absolute Gasteiger partial charge is 0.140 e. The number of aliphatic imine (C=N–C) groups is 1. The first-order chi connectivity index (χ1) is 7.86. The third-order valence-corrected chi connectivity index (χ3v) is 3.31. The van der Waals surface area contributed by atoms with E-state index < -0.39 is 0 Å². The maximum Gasteiger partial charge on any atom is 0.140 e. The summed E-state index contributed by atoms with van der Waals surface area (Å²) < 4.78 is 5.85.